The number of alkyl halides is 4. The number of carbonyl (C=O) groups excluding carboxylic acids is 1. The van der Waals surface area contributed by atoms with Gasteiger partial charge in [-0.05, 0) is 40.2 Å². The fourth-order valence-electron chi connectivity index (χ4n) is 1.28. The van der Waals surface area contributed by atoms with Gasteiger partial charge < -0.3 is 4.74 Å². The first-order valence-electron chi connectivity index (χ1n) is 6.07. The van der Waals surface area contributed by atoms with Crippen molar-refractivity contribution < 1.29 is 27.1 Å². The normalized spacial score (nSPS) is 10.3. The Bertz CT molecular complexity index is 622. The number of halogens is 5. The molecule has 0 aliphatic heterocycles. The lowest BCUT2D eigenvalue weighted by molar-refractivity contribution is 0.0593. The van der Waals surface area contributed by atoms with Crippen LogP contribution in [0.1, 0.15) is 34.5 Å². The molecule has 0 amide bonds. The maximum absolute atomic E-state index is 12.0. The zero-order chi connectivity index (χ0) is 17.4. The number of rotatable bonds is 3. The summed E-state index contributed by atoms with van der Waals surface area (Å²) in [6.45, 7) is 0. The molecular weight excluding hydrogens is 384 g/mol. The number of hydrogen-bond acceptors (Lipinski definition) is 4. The first-order valence-corrected chi connectivity index (χ1v) is 6.86. The van der Waals surface area contributed by atoms with Gasteiger partial charge in [-0.3, -0.25) is 0 Å². The first kappa shape index (κ1) is 19.0. The molecule has 0 unspecified atom stereocenters. The molecule has 0 aliphatic carbocycles. The molecule has 2 aromatic rings. The predicted molar refractivity (Wildman–Crippen MR) is 77.4 cm³/mol. The molecule has 0 fully saturated rings. The Morgan fingerprint density at radius 3 is 1.87 bits per heavy atom. The molecule has 0 atom stereocenters. The quantitative estimate of drug-likeness (QED) is 0.434. The second-order valence-electron chi connectivity index (χ2n) is 3.98. The lowest BCUT2D eigenvalue weighted by atomic mass is 10.2. The maximum Gasteiger partial charge on any atom is 0.356 e. The number of methoxy groups -OCH3 is 1. The Balaban J connectivity index is 0.000000238. The van der Waals surface area contributed by atoms with Crippen molar-refractivity contribution in [1.29, 1.82) is 0 Å². The minimum atomic E-state index is -2.57. The van der Waals surface area contributed by atoms with Gasteiger partial charge in [0.15, 0.2) is 0 Å². The van der Waals surface area contributed by atoms with Crippen LogP contribution in [0, 0.1) is 0 Å². The van der Waals surface area contributed by atoms with Crippen LogP contribution in [0.15, 0.2) is 41.3 Å². The van der Waals surface area contributed by atoms with Crippen molar-refractivity contribution in [2.24, 2.45) is 0 Å². The van der Waals surface area contributed by atoms with Gasteiger partial charge in [0.25, 0.3) is 12.9 Å². The van der Waals surface area contributed by atoms with Crippen LogP contribution in [0.25, 0.3) is 0 Å². The Morgan fingerprint density at radius 2 is 1.52 bits per heavy atom. The van der Waals surface area contributed by atoms with Crippen molar-refractivity contribution in [3.63, 3.8) is 0 Å². The molecule has 0 N–H and O–H groups in total. The van der Waals surface area contributed by atoms with E-state index in [1.54, 1.807) is 0 Å². The molecule has 0 aliphatic rings. The highest BCUT2D eigenvalue weighted by atomic mass is 79.9. The molecule has 0 bridgehead atoms. The topological polar surface area (TPSA) is 52.1 Å². The molecule has 23 heavy (non-hydrogen) atoms. The summed E-state index contributed by atoms with van der Waals surface area (Å²) < 4.78 is 52.7. The third kappa shape index (κ3) is 6.31. The van der Waals surface area contributed by atoms with Gasteiger partial charge in [0.05, 0.1) is 7.11 Å². The van der Waals surface area contributed by atoms with Crippen LogP contribution in [0.4, 0.5) is 17.6 Å². The van der Waals surface area contributed by atoms with Crippen molar-refractivity contribution in [2.45, 2.75) is 12.9 Å². The van der Waals surface area contributed by atoms with Crippen molar-refractivity contribution in [1.82, 2.24) is 9.97 Å². The second kappa shape index (κ2) is 9.19. The predicted octanol–water partition coefficient (Wildman–Crippen LogP) is 4.59. The SMILES string of the molecule is COC(=O)c1ccc(C(F)F)cn1.FC(F)c1ccc(Br)nc1. The summed E-state index contributed by atoms with van der Waals surface area (Å²) in [4.78, 5) is 18.0. The summed E-state index contributed by atoms with van der Waals surface area (Å²) in [6.07, 6.45) is -2.90. The average Bonchev–Trinajstić information content (AvgIpc) is 2.55. The highest BCUT2D eigenvalue weighted by Crippen LogP contribution is 2.18. The van der Waals surface area contributed by atoms with E-state index < -0.39 is 18.8 Å². The molecule has 4 nitrogen and oxygen atoms in total. The van der Waals surface area contributed by atoms with Crippen LogP contribution in [-0.2, 0) is 4.74 Å². The second-order valence-corrected chi connectivity index (χ2v) is 4.80. The van der Waals surface area contributed by atoms with E-state index in [2.05, 4.69) is 30.6 Å². The van der Waals surface area contributed by atoms with E-state index in [1.165, 1.54) is 25.3 Å². The number of hydrogen-bond donors (Lipinski definition) is 0. The number of esters is 1. The standard InChI is InChI=1S/C8H7F2NO2.C6H4BrF2N/c1-13-8(12)6-3-2-5(4-11-6)7(9)10;7-5-2-1-4(3-10-5)6(8)9/h2-4,7H,1H3;1-3,6H. The minimum absolute atomic E-state index is 0.0203. The summed E-state index contributed by atoms with van der Waals surface area (Å²) in [7, 11) is 1.20. The third-order valence-electron chi connectivity index (χ3n) is 2.44. The highest BCUT2D eigenvalue weighted by molar-refractivity contribution is 9.10. The van der Waals surface area contributed by atoms with Gasteiger partial charge >= 0.3 is 5.97 Å². The van der Waals surface area contributed by atoms with Crippen LogP contribution >= 0.6 is 15.9 Å². The van der Waals surface area contributed by atoms with E-state index in [4.69, 9.17) is 0 Å². The van der Waals surface area contributed by atoms with Gasteiger partial charge in [-0.1, -0.05) is 0 Å². The lowest BCUT2D eigenvalue weighted by Crippen LogP contribution is -2.04. The van der Waals surface area contributed by atoms with E-state index in [1.807, 2.05) is 0 Å². The largest absolute Gasteiger partial charge is 0.464 e. The average molecular weight is 395 g/mol. The zero-order valence-electron chi connectivity index (χ0n) is 11.7. The molecule has 0 aromatic carbocycles. The minimum Gasteiger partial charge on any atom is -0.464 e. The Hall–Kier alpha value is -2.03. The highest BCUT2D eigenvalue weighted by Gasteiger charge is 2.10. The van der Waals surface area contributed by atoms with Gasteiger partial charge in [-0.2, -0.15) is 0 Å². The fourth-order valence-corrected chi connectivity index (χ4v) is 1.51. The van der Waals surface area contributed by atoms with E-state index in [9.17, 15) is 22.4 Å². The first-order chi connectivity index (χ1) is 10.8. The van der Waals surface area contributed by atoms with Gasteiger partial charge in [-0.25, -0.2) is 32.3 Å². The molecule has 124 valence electrons. The lowest BCUT2D eigenvalue weighted by Gasteiger charge is -2.00. The molecule has 0 saturated carbocycles. The van der Waals surface area contributed by atoms with Crippen LogP contribution in [0.5, 0.6) is 0 Å². The number of ether oxygens (including phenoxy) is 1. The Kier molecular flexibility index (Phi) is 7.60. The van der Waals surface area contributed by atoms with Crippen molar-refractivity contribution in [3.8, 4) is 0 Å². The summed E-state index contributed by atoms with van der Waals surface area (Å²) in [5.74, 6) is -0.638. The molecule has 0 saturated heterocycles. The van der Waals surface area contributed by atoms with Crippen molar-refractivity contribution in [3.05, 3.63) is 58.1 Å². The molecule has 2 heterocycles. The summed E-state index contributed by atoms with van der Waals surface area (Å²) in [5.41, 5.74) is -0.247. The van der Waals surface area contributed by atoms with Gasteiger partial charge in [0.1, 0.15) is 10.3 Å². The van der Waals surface area contributed by atoms with E-state index in [0.717, 1.165) is 18.5 Å². The van der Waals surface area contributed by atoms with Gasteiger partial charge in [-0.15, -0.1) is 0 Å². The van der Waals surface area contributed by atoms with Gasteiger partial charge in [0.2, 0.25) is 0 Å². The van der Waals surface area contributed by atoms with Crippen molar-refractivity contribution in [2.75, 3.05) is 7.11 Å². The molecule has 0 radical (unpaired) electrons. The van der Waals surface area contributed by atoms with Crippen LogP contribution < -0.4 is 0 Å². The van der Waals surface area contributed by atoms with E-state index >= 15 is 0 Å². The van der Waals surface area contributed by atoms with E-state index in [-0.39, 0.29) is 16.8 Å². The monoisotopic (exact) mass is 394 g/mol. The smallest absolute Gasteiger partial charge is 0.356 e. The van der Waals surface area contributed by atoms with Gasteiger partial charge in [0, 0.05) is 23.5 Å². The van der Waals surface area contributed by atoms with Crippen molar-refractivity contribution >= 4 is 21.9 Å². The Morgan fingerprint density at radius 1 is 1.00 bits per heavy atom. The molecular formula is C14H11BrF4N2O2. The van der Waals surface area contributed by atoms with Crippen LogP contribution in [0.2, 0.25) is 0 Å². The number of aromatic nitrogens is 2. The van der Waals surface area contributed by atoms with Crippen LogP contribution in [-0.4, -0.2) is 23.0 Å². The molecule has 2 aromatic heterocycles. The van der Waals surface area contributed by atoms with Crippen LogP contribution in [0.3, 0.4) is 0 Å². The fraction of sp³-hybridized carbons (Fsp3) is 0.214. The molecule has 2 rings (SSSR count). The molecule has 9 heteroatoms. The summed E-state index contributed by atoms with van der Waals surface area (Å²) >= 11 is 3.04. The molecule has 0 spiro atoms. The Labute approximate surface area is 137 Å². The van der Waals surface area contributed by atoms with E-state index in [0.29, 0.717) is 4.60 Å². The third-order valence-corrected chi connectivity index (χ3v) is 2.90. The number of pyridine rings is 2. The maximum atomic E-state index is 12.0. The summed E-state index contributed by atoms with van der Waals surface area (Å²) in [6, 6.07) is 5.17. The number of nitrogens with zero attached hydrogens (tertiary/aromatic N) is 2. The number of carbonyl (C=O) groups is 1. The zero-order valence-corrected chi connectivity index (χ0v) is 13.3. The summed E-state index contributed by atoms with van der Waals surface area (Å²) in [5, 5.41) is 0.